The van der Waals surface area contributed by atoms with E-state index in [1.807, 2.05) is 6.92 Å². The molecule has 0 aliphatic carbocycles. The van der Waals surface area contributed by atoms with E-state index in [0.29, 0.717) is 23.6 Å². The third kappa shape index (κ3) is 5.08. The topological polar surface area (TPSA) is 73.2 Å². The fourth-order valence-corrected chi connectivity index (χ4v) is 2.19. The molecule has 1 N–H and O–H groups in total. The average Bonchev–Trinajstić information content (AvgIpc) is 2.60. The highest BCUT2D eigenvalue weighted by atomic mass is 19.4. The molecule has 0 spiro atoms. The van der Waals surface area contributed by atoms with Gasteiger partial charge in [0, 0.05) is 11.6 Å². The number of nitrogens with one attached hydrogen (secondary N) is 1. The van der Waals surface area contributed by atoms with E-state index >= 15 is 0 Å². The van der Waals surface area contributed by atoms with Gasteiger partial charge in [-0.2, -0.15) is 18.3 Å². The molecular formula is C17H18F3N3O3. The number of nitrogens with zero attached hydrogens (tertiary/aromatic N) is 2. The van der Waals surface area contributed by atoms with E-state index in [-0.39, 0.29) is 0 Å². The van der Waals surface area contributed by atoms with Crippen LogP contribution in [0.15, 0.2) is 41.2 Å². The third-order valence-electron chi connectivity index (χ3n) is 3.50. The lowest BCUT2D eigenvalue weighted by molar-refractivity contribution is -0.140. The van der Waals surface area contributed by atoms with E-state index in [9.17, 15) is 22.8 Å². The van der Waals surface area contributed by atoms with Crippen LogP contribution >= 0.6 is 0 Å². The van der Waals surface area contributed by atoms with Crippen LogP contribution in [0, 0.1) is 0 Å². The number of alkyl halides is 3. The lowest BCUT2D eigenvalue weighted by Crippen LogP contribution is -2.40. The zero-order valence-electron chi connectivity index (χ0n) is 14.2. The van der Waals surface area contributed by atoms with Crippen molar-refractivity contribution in [3.63, 3.8) is 0 Å². The van der Waals surface area contributed by atoms with Crippen LogP contribution in [0.4, 0.5) is 13.2 Å². The van der Waals surface area contributed by atoms with Crippen molar-refractivity contribution in [1.29, 1.82) is 0 Å². The minimum atomic E-state index is -4.53. The monoisotopic (exact) mass is 369 g/mol. The third-order valence-corrected chi connectivity index (χ3v) is 3.50. The average molecular weight is 369 g/mol. The molecule has 1 atom stereocenters. The van der Waals surface area contributed by atoms with Crippen LogP contribution in [0.25, 0.3) is 11.3 Å². The van der Waals surface area contributed by atoms with Gasteiger partial charge < -0.3 is 10.1 Å². The molecule has 1 unspecified atom stereocenters. The molecule has 1 amide bonds. The number of hydrogen-bond donors (Lipinski definition) is 1. The quantitative estimate of drug-likeness (QED) is 0.849. The molecule has 0 radical (unpaired) electrons. The van der Waals surface area contributed by atoms with Gasteiger partial charge in [0.2, 0.25) is 5.91 Å². The predicted octanol–water partition coefficient (Wildman–Crippen LogP) is 2.55. The number of halogens is 3. The SMILES string of the molecule is CCOc1ccc(-c2ccc(=O)n(C(C)C(=O)NCC(F)(F)F)n2)cc1. The van der Waals surface area contributed by atoms with E-state index in [1.165, 1.54) is 19.1 Å². The van der Waals surface area contributed by atoms with E-state index in [2.05, 4.69) is 5.10 Å². The summed E-state index contributed by atoms with van der Waals surface area (Å²) in [5.74, 6) is -0.273. The maximum atomic E-state index is 12.2. The molecule has 2 rings (SSSR count). The van der Waals surface area contributed by atoms with Crippen LogP contribution in [0.3, 0.4) is 0 Å². The summed E-state index contributed by atoms with van der Waals surface area (Å²) in [5.41, 5.74) is 0.488. The van der Waals surface area contributed by atoms with Gasteiger partial charge in [0.25, 0.3) is 5.56 Å². The molecule has 2 aromatic rings. The van der Waals surface area contributed by atoms with Crippen LogP contribution in [-0.4, -0.2) is 35.0 Å². The molecule has 0 fully saturated rings. The molecule has 0 saturated carbocycles. The first-order valence-corrected chi connectivity index (χ1v) is 7.89. The Labute approximate surface area is 147 Å². The number of rotatable bonds is 6. The van der Waals surface area contributed by atoms with Crippen LogP contribution in [0.1, 0.15) is 19.9 Å². The molecule has 1 aromatic heterocycles. The fourth-order valence-electron chi connectivity index (χ4n) is 2.19. The first kappa shape index (κ1) is 19.5. The summed E-state index contributed by atoms with van der Waals surface area (Å²) in [6.45, 7) is 2.22. The summed E-state index contributed by atoms with van der Waals surface area (Å²) in [4.78, 5) is 23.8. The Kier molecular flexibility index (Phi) is 6.01. The fraction of sp³-hybridized carbons (Fsp3) is 0.353. The smallest absolute Gasteiger partial charge is 0.405 e. The summed E-state index contributed by atoms with van der Waals surface area (Å²) in [7, 11) is 0. The molecule has 140 valence electrons. The second-order valence-electron chi connectivity index (χ2n) is 5.47. The maximum Gasteiger partial charge on any atom is 0.405 e. The normalized spacial score (nSPS) is 12.5. The molecule has 0 saturated heterocycles. The number of ether oxygens (including phenoxy) is 1. The van der Waals surface area contributed by atoms with Gasteiger partial charge in [-0.1, -0.05) is 0 Å². The molecule has 0 aliphatic heterocycles. The Morgan fingerprint density at radius 2 is 1.88 bits per heavy atom. The molecule has 1 aromatic carbocycles. The summed E-state index contributed by atoms with van der Waals surface area (Å²) in [6, 6.07) is 8.44. The minimum absolute atomic E-state index is 0.406. The summed E-state index contributed by atoms with van der Waals surface area (Å²) in [6.07, 6.45) is -4.53. The van der Waals surface area contributed by atoms with Crippen molar-refractivity contribution in [2.45, 2.75) is 26.1 Å². The van der Waals surface area contributed by atoms with E-state index in [4.69, 9.17) is 4.74 Å². The Bertz CT molecular complexity index is 816. The molecule has 9 heteroatoms. The molecule has 26 heavy (non-hydrogen) atoms. The van der Waals surface area contributed by atoms with Crippen LogP contribution in [-0.2, 0) is 4.79 Å². The summed E-state index contributed by atoms with van der Waals surface area (Å²) in [5, 5.41) is 5.85. The second-order valence-corrected chi connectivity index (χ2v) is 5.47. The zero-order chi connectivity index (χ0) is 19.3. The number of carbonyl (C=O) groups is 1. The lowest BCUT2D eigenvalue weighted by Gasteiger charge is -2.16. The Morgan fingerprint density at radius 3 is 2.46 bits per heavy atom. The van der Waals surface area contributed by atoms with Crippen LogP contribution in [0.2, 0.25) is 0 Å². The number of hydrogen-bond acceptors (Lipinski definition) is 4. The minimum Gasteiger partial charge on any atom is -0.494 e. The van der Waals surface area contributed by atoms with Gasteiger partial charge in [0.05, 0.1) is 12.3 Å². The highest BCUT2D eigenvalue weighted by Crippen LogP contribution is 2.20. The first-order chi connectivity index (χ1) is 12.2. The van der Waals surface area contributed by atoms with Crippen molar-refractivity contribution in [2.75, 3.05) is 13.2 Å². The molecule has 0 aliphatic rings. The highest BCUT2D eigenvalue weighted by molar-refractivity contribution is 5.79. The van der Waals surface area contributed by atoms with Crippen LogP contribution in [0.5, 0.6) is 5.75 Å². The van der Waals surface area contributed by atoms with E-state index in [1.54, 1.807) is 29.6 Å². The number of aromatic nitrogens is 2. The standard InChI is InChI=1S/C17H18F3N3O3/c1-3-26-13-6-4-12(5-7-13)14-8-9-15(24)23(22-14)11(2)16(25)21-10-17(18,19)20/h4-9,11H,3,10H2,1-2H3,(H,21,25). The van der Waals surface area contributed by atoms with E-state index < -0.39 is 30.2 Å². The molecule has 6 nitrogen and oxygen atoms in total. The van der Waals surface area contributed by atoms with Crippen LogP contribution < -0.4 is 15.6 Å². The van der Waals surface area contributed by atoms with E-state index in [0.717, 1.165) is 4.68 Å². The predicted molar refractivity (Wildman–Crippen MR) is 88.9 cm³/mol. The van der Waals surface area contributed by atoms with Gasteiger partial charge >= 0.3 is 6.18 Å². The maximum absolute atomic E-state index is 12.2. The van der Waals surface area contributed by atoms with Gasteiger partial charge in [-0.3, -0.25) is 9.59 Å². The first-order valence-electron chi connectivity index (χ1n) is 7.89. The van der Waals surface area contributed by atoms with Gasteiger partial charge in [0.1, 0.15) is 18.3 Å². The van der Waals surface area contributed by atoms with Gasteiger partial charge in [-0.05, 0) is 44.2 Å². The van der Waals surface area contributed by atoms with Gasteiger partial charge in [-0.15, -0.1) is 0 Å². The largest absolute Gasteiger partial charge is 0.494 e. The zero-order valence-corrected chi connectivity index (χ0v) is 14.2. The van der Waals surface area contributed by atoms with Crippen molar-refractivity contribution in [2.24, 2.45) is 0 Å². The lowest BCUT2D eigenvalue weighted by atomic mass is 10.1. The highest BCUT2D eigenvalue weighted by Gasteiger charge is 2.29. The van der Waals surface area contributed by atoms with Crippen molar-refractivity contribution in [1.82, 2.24) is 15.1 Å². The molecule has 0 bridgehead atoms. The van der Waals surface area contributed by atoms with Gasteiger partial charge in [-0.25, -0.2) is 4.68 Å². The van der Waals surface area contributed by atoms with Gasteiger partial charge in [0.15, 0.2) is 0 Å². The molecular weight excluding hydrogens is 351 g/mol. The Balaban J connectivity index is 2.23. The Hall–Kier alpha value is -2.84. The summed E-state index contributed by atoms with van der Waals surface area (Å²) < 4.78 is 42.9. The molecule has 1 heterocycles. The van der Waals surface area contributed by atoms with Crippen molar-refractivity contribution >= 4 is 5.91 Å². The number of amides is 1. The second kappa shape index (κ2) is 8.03. The summed E-state index contributed by atoms with van der Waals surface area (Å²) >= 11 is 0. The number of carbonyl (C=O) groups excluding carboxylic acids is 1. The van der Waals surface area contributed by atoms with Crippen molar-refractivity contribution in [3.8, 4) is 17.0 Å². The number of benzene rings is 1. The Morgan fingerprint density at radius 1 is 1.23 bits per heavy atom. The van der Waals surface area contributed by atoms with Crippen molar-refractivity contribution < 1.29 is 22.7 Å². The van der Waals surface area contributed by atoms with Crippen molar-refractivity contribution in [3.05, 3.63) is 46.8 Å².